The molecular weight excluding hydrogens is 366 g/mol. The minimum atomic E-state index is -3.67. The highest BCUT2D eigenvalue weighted by Crippen LogP contribution is 2.32. The second-order valence-electron chi connectivity index (χ2n) is 6.35. The molecule has 7 heteroatoms. The van der Waals surface area contributed by atoms with E-state index in [0.29, 0.717) is 11.4 Å². The zero-order valence-electron chi connectivity index (χ0n) is 15.6. The van der Waals surface area contributed by atoms with E-state index in [0.717, 1.165) is 27.7 Å². The second-order valence-corrected chi connectivity index (χ2v) is 9.21. The van der Waals surface area contributed by atoms with Crippen molar-refractivity contribution in [1.82, 2.24) is 9.55 Å². The van der Waals surface area contributed by atoms with Crippen LogP contribution in [0.2, 0.25) is 0 Å². The Hall–Kier alpha value is -2.12. The fourth-order valence-corrected chi connectivity index (χ4v) is 5.06. The van der Waals surface area contributed by atoms with Crippen LogP contribution in [-0.2, 0) is 23.5 Å². The molecule has 0 saturated carbocycles. The molecule has 0 aliphatic carbocycles. The van der Waals surface area contributed by atoms with Crippen LogP contribution in [0.3, 0.4) is 0 Å². The molecule has 0 fully saturated rings. The van der Waals surface area contributed by atoms with Gasteiger partial charge in [-0.15, -0.1) is 11.3 Å². The van der Waals surface area contributed by atoms with Crippen LogP contribution in [0.5, 0.6) is 0 Å². The van der Waals surface area contributed by atoms with Gasteiger partial charge < -0.3 is 4.57 Å². The Balaban J connectivity index is 1.98. The van der Waals surface area contributed by atoms with Gasteiger partial charge in [0.15, 0.2) is 0 Å². The monoisotopic (exact) mass is 389 g/mol. The van der Waals surface area contributed by atoms with E-state index in [4.69, 9.17) is 0 Å². The molecule has 5 nitrogen and oxygen atoms in total. The summed E-state index contributed by atoms with van der Waals surface area (Å²) < 4.78 is 30.4. The van der Waals surface area contributed by atoms with Gasteiger partial charge in [0.05, 0.1) is 11.4 Å². The van der Waals surface area contributed by atoms with Crippen LogP contribution < -0.4 is 4.72 Å². The molecule has 0 atom stereocenters. The number of anilines is 1. The first kappa shape index (κ1) is 18.7. The smallest absolute Gasteiger partial charge is 0.263 e. The van der Waals surface area contributed by atoms with Crippen molar-refractivity contribution >= 4 is 27.0 Å². The molecule has 0 unspecified atom stereocenters. The highest BCUT2D eigenvalue weighted by molar-refractivity contribution is 7.92. The van der Waals surface area contributed by atoms with E-state index in [1.165, 1.54) is 5.56 Å². The number of hydrogen-bond acceptors (Lipinski definition) is 4. The van der Waals surface area contributed by atoms with Crippen LogP contribution in [0.15, 0.2) is 35.2 Å². The lowest BCUT2D eigenvalue weighted by molar-refractivity contribution is 0.600. The van der Waals surface area contributed by atoms with Gasteiger partial charge in [0.2, 0.25) is 0 Å². The molecule has 0 radical (unpaired) electrons. The summed E-state index contributed by atoms with van der Waals surface area (Å²) in [4.78, 5) is 5.98. The standard InChI is InChI=1S/C19H23N3O2S2/c1-6-15-7-9-16(10-8-15)21-26(23,24)18-11-17(22(5)13(18)3)19-20-12(2)14(4)25-19/h7-11,21H,6H2,1-5H3. The predicted octanol–water partition coefficient (Wildman–Crippen LogP) is 4.44. The molecule has 0 bridgehead atoms. The minimum absolute atomic E-state index is 0.278. The molecule has 2 heterocycles. The maximum absolute atomic E-state index is 12.9. The molecule has 1 N–H and O–H groups in total. The number of nitrogens with one attached hydrogen (secondary N) is 1. The van der Waals surface area contributed by atoms with E-state index in [9.17, 15) is 8.42 Å². The maximum Gasteiger partial charge on any atom is 0.263 e. The molecule has 2 aromatic heterocycles. The van der Waals surface area contributed by atoms with E-state index < -0.39 is 10.0 Å². The fourth-order valence-electron chi connectivity index (χ4n) is 2.75. The van der Waals surface area contributed by atoms with Crippen molar-refractivity contribution in [2.24, 2.45) is 7.05 Å². The Morgan fingerprint density at radius 3 is 2.35 bits per heavy atom. The number of nitrogens with zero attached hydrogens (tertiary/aromatic N) is 2. The van der Waals surface area contributed by atoms with Crippen LogP contribution in [0.1, 0.15) is 28.8 Å². The third-order valence-electron chi connectivity index (χ3n) is 4.64. The average Bonchev–Trinajstić information content (AvgIpc) is 3.08. The molecular formula is C19H23N3O2S2. The third-order valence-corrected chi connectivity index (χ3v) is 7.23. The van der Waals surface area contributed by atoms with Gasteiger partial charge in [0.1, 0.15) is 9.90 Å². The lowest BCUT2D eigenvalue weighted by atomic mass is 10.2. The number of thiazole rings is 1. The summed E-state index contributed by atoms with van der Waals surface area (Å²) in [5, 5.41) is 0.833. The van der Waals surface area contributed by atoms with E-state index in [1.54, 1.807) is 29.5 Å². The van der Waals surface area contributed by atoms with Crippen molar-refractivity contribution in [3.05, 3.63) is 52.2 Å². The highest BCUT2D eigenvalue weighted by Gasteiger charge is 2.23. The van der Waals surface area contributed by atoms with Crippen LogP contribution in [0.4, 0.5) is 5.69 Å². The second kappa shape index (κ2) is 6.89. The maximum atomic E-state index is 12.9. The molecule has 0 amide bonds. The van der Waals surface area contributed by atoms with Gasteiger partial charge >= 0.3 is 0 Å². The number of rotatable bonds is 5. The summed E-state index contributed by atoms with van der Waals surface area (Å²) in [5.74, 6) is 0. The molecule has 0 saturated heterocycles. The zero-order valence-corrected chi connectivity index (χ0v) is 17.3. The Labute approximate surface area is 158 Å². The number of aryl methyl sites for hydroxylation is 3. The predicted molar refractivity (Wildman–Crippen MR) is 107 cm³/mol. The van der Waals surface area contributed by atoms with Crippen molar-refractivity contribution < 1.29 is 8.42 Å². The first-order valence-corrected chi connectivity index (χ1v) is 10.8. The Morgan fingerprint density at radius 1 is 1.15 bits per heavy atom. The molecule has 1 aromatic carbocycles. The van der Waals surface area contributed by atoms with Gasteiger partial charge in [-0.05, 0) is 51.0 Å². The number of aromatic nitrogens is 2. The molecule has 0 aliphatic heterocycles. The molecule has 0 spiro atoms. The van der Waals surface area contributed by atoms with Crippen LogP contribution >= 0.6 is 11.3 Å². The minimum Gasteiger partial charge on any atom is -0.345 e. The summed E-state index contributed by atoms with van der Waals surface area (Å²) in [5.41, 5.74) is 4.20. The molecule has 0 aliphatic rings. The number of benzene rings is 1. The topological polar surface area (TPSA) is 64.0 Å². The van der Waals surface area contributed by atoms with E-state index in [-0.39, 0.29) is 4.90 Å². The van der Waals surface area contributed by atoms with Gasteiger partial charge in [-0.3, -0.25) is 4.72 Å². The molecule has 3 rings (SSSR count). The normalized spacial score (nSPS) is 11.7. The van der Waals surface area contributed by atoms with Crippen molar-refractivity contribution in [3.8, 4) is 10.7 Å². The largest absolute Gasteiger partial charge is 0.345 e. The first-order chi connectivity index (χ1) is 12.2. The molecule has 138 valence electrons. The van der Waals surface area contributed by atoms with Crippen molar-refractivity contribution in [2.45, 2.75) is 39.0 Å². The Kier molecular flexibility index (Phi) is 4.94. The van der Waals surface area contributed by atoms with Crippen molar-refractivity contribution in [2.75, 3.05) is 4.72 Å². The van der Waals surface area contributed by atoms with Crippen LogP contribution in [-0.4, -0.2) is 18.0 Å². The average molecular weight is 390 g/mol. The fraction of sp³-hybridized carbons (Fsp3) is 0.316. The Morgan fingerprint density at radius 2 is 1.81 bits per heavy atom. The Bertz CT molecular complexity index is 1030. The van der Waals surface area contributed by atoms with E-state index in [1.807, 2.05) is 44.5 Å². The number of hydrogen-bond donors (Lipinski definition) is 1. The summed E-state index contributed by atoms with van der Waals surface area (Å²) >= 11 is 1.58. The van der Waals surface area contributed by atoms with Crippen molar-refractivity contribution in [3.63, 3.8) is 0 Å². The first-order valence-electron chi connectivity index (χ1n) is 8.45. The van der Waals surface area contributed by atoms with Crippen LogP contribution in [0.25, 0.3) is 10.7 Å². The molecule has 26 heavy (non-hydrogen) atoms. The van der Waals surface area contributed by atoms with Crippen LogP contribution in [0, 0.1) is 20.8 Å². The summed E-state index contributed by atoms with van der Waals surface area (Å²) in [7, 11) is -1.80. The van der Waals surface area contributed by atoms with E-state index in [2.05, 4.69) is 16.6 Å². The quantitative estimate of drug-likeness (QED) is 0.702. The lowest BCUT2D eigenvalue weighted by Gasteiger charge is -2.08. The SMILES string of the molecule is CCc1ccc(NS(=O)(=O)c2cc(-c3nc(C)c(C)s3)n(C)c2C)cc1. The number of sulfonamides is 1. The summed E-state index contributed by atoms with van der Waals surface area (Å²) in [6, 6.07) is 9.16. The van der Waals surface area contributed by atoms with Gasteiger partial charge in [0, 0.05) is 23.3 Å². The van der Waals surface area contributed by atoms with Crippen molar-refractivity contribution in [1.29, 1.82) is 0 Å². The summed E-state index contributed by atoms with van der Waals surface area (Å²) in [6.45, 7) is 7.86. The van der Waals surface area contributed by atoms with E-state index >= 15 is 0 Å². The highest BCUT2D eigenvalue weighted by atomic mass is 32.2. The zero-order chi connectivity index (χ0) is 19.1. The lowest BCUT2D eigenvalue weighted by Crippen LogP contribution is -2.13. The van der Waals surface area contributed by atoms with Gasteiger partial charge in [-0.1, -0.05) is 19.1 Å². The summed E-state index contributed by atoms with van der Waals surface area (Å²) in [6.07, 6.45) is 0.917. The van der Waals surface area contributed by atoms with Gasteiger partial charge in [0.25, 0.3) is 10.0 Å². The molecule has 3 aromatic rings. The third kappa shape index (κ3) is 3.41. The van der Waals surface area contributed by atoms with Gasteiger partial charge in [-0.25, -0.2) is 13.4 Å². The van der Waals surface area contributed by atoms with Gasteiger partial charge in [-0.2, -0.15) is 0 Å².